The maximum absolute atomic E-state index is 13.6. The number of piperidine rings is 1. The Bertz CT molecular complexity index is 1090. The van der Waals surface area contributed by atoms with E-state index in [0.29, 0.717) is 49.4 Å². The molecule has 1 N–H and O–H groups in total. The van der Waals surface area contributed by atoms with Crippen molar-refractivity contribution in [3.8, 4) is 0 Å². The molecule has 0 bridgehead atoms. The van der Waals surface area contributed by atoms with Crippen LogP contribution in [0.15, 0.2) is 41.0 Å². The number of hydrogen-bond donors (Lipinski definition) is 1. The van der Waals surface area contributed by atoms with Gasteiger partial charge in [0.1, 0.15) is 5.76 Å². The van der Waals surface area contributed by atoms with Crippen molar-refractivity contribution in [2.75, 3.05) is 24.6 Å². The zero-order valence-electron chi connectivity index (χ0n) is 19.7. The van der Waals surface area contributed by atoms with Gasteiger partial charge in [0.05, 0.1) is 41.1 Å². The molecule has 180 valence electrons. The second kappa shape index (κ2) is 8.91. The molecule has 4 heterocycles. The number of nitrogens with zero attached hydrogens (tertiary/aromatic N) is 2. The highest BCUT2D eigenvalue weighted by atomic mass is 16.5. The minimum Gasteiger partial charge on any atom is -0.467 e. The molecule has 1 aromatic heterocycles. The third-order valence-electron chi connectivity index (χ3n) is 7.11. The standard InChI is InChI=1S/C26H31N3O5/c1-26(2)14-18(10-13-34-26)29-24(31)20-8-3-9-21(22(20)25(29)32)28-11-4-6-17(16-28)23(30)27-15-19-7-5-12-33-19/h3,5,7-9,12,17-18H,4,6,10-11,13-16H2,1-2H3,(H,27,30)/t17-,18-/m1/s1. The van der Waals surface area contributed by atoms with E-state index in [1.807, 2.05) is 32.0 Å². The quantitative estimate of drug-likeness (QED) is 0.681. The second-order valence-corrected chi connectivity index (χ2v) is 10.0. The van der Waals surface area contributed by atoms with Gasteiger partial charge in [-0.25, -0.2) is 0 Å². The normalized spacial score (nSPS) is 24.3. The van der Waals surface area contributed by atoms with E-state index in [0.717, 1.165) is 25.1 Å². The molecule has 2 aromatic rings. The van der Waals surface area contributed by atoms with Crippen LogP contribution in [0.2, 0.25) is 0 Å². The number of benzene rings is 1. The minimum absolute atomic E-state index is 0.0258. The van der Waals surface area contributed by atoms with Crippen LogP contribution in [0.5, 0.6) is 0 Å². The molecule has 2 saturated heterocycles. The van der Waals surface area contributed by atoms with Crippen LogP contribution in [-0.2, 0) is 16.1 Å². The first-order valence-corrected chi connectivity index (χ1v) is 12.0. The van der Waals surface area contributed by atoms with Crippen molar-refractivity contribution >= 4 is 23.4 Å². The molecule has 0 spiro atoms. The Morgan fingerprint density at radius 3 is 2.76 bits per heavy atom. The number of imide groups is 1. The van der Waals surface area contributed by atoms with Crippen molar-refractivity contribution in [1.29, 1.82) is 0 Å². The third kappa shape index (κ3) is 4.22. The summed E-state index contributed by atoms with van der Waals surface area (Å²) in [6.45, 7) is 6.11. The lowest BCUT2D eigenvalue weighted by Gasteiger charge is -2.39. The number of ether oxygens (including phenoxy) is 1. The summed E-state index contributed by atoms with van der Waals surface area (Å²) in [5.41, 5.74) is 1.29. The van der Waals surface area contributed by atoms with Gasteiger partial charge in [0.15, 0.2) is 0 Å². The molecule has 3 amide bonds. The number of rotatable bonds is 5. The summed E-state index contributed by atoms with van der Waals surface area (Å²) in [4.78, 5) is 43.2. The van der Waals surface area contributed by atoms with Crippen LogP contribution in [0.1, 0.15) is 66.0 Å². The molecule has 0 unspecified atom stereocenters. The predicted octanol–water partition coefficient (Wildman–Crippen LogP) is 3.37. The highest BCUT2D eigenvalue weighted by molar-refractivity contribution is 6.24. The zero-order valence-corrected chi connectivity index (χ0v) is 19.7. The summed E-state index contributed by atoms with van der Waals surface area (Å²) in [6, 6.07) is 8.91. The van der Waals surface area contributed by atoms with Crippen molar-refractivity contribution in [2.24, 2.45) is 5.92 Å². The molecule has 0 saturated carbocycles. The molecule has 0 aliphatic carbocycles. The van der Waals surface area contributed by atoms with Crippen LogP contribution < -0.4 is 10.2 Å². The van der Waals surface area contributed by atoms with Crippen molar-refractivity contribution < 1.29 is 23.5 Å². The Balaban J connectivity index is 1.34. The van der Waals surface area contributed by atoms with Crippen LogP contribution >= 0.6 is 0 Å². The lowest BCUT2D eigenvalue weighted by atomic mass is 9.93. The molecule has 0 radical (unpaired) electrons. The highest BCUT2D eigenvalue weighted by Crippen LogP contribution is 2.38. The largest absolute Gasteiger partial charge is 0.467 e. The van der Waals surface area contributed by atoms with Gasteiger partial charge in [-0.05, 0) is 63.8 Å². The summed E-state index contributed by atoms with van der Waals surface area (Å²) < 4.78 is 11.1. The lowest BCUT2D eigenvalue weighted by Crippen LogP contribution is -2.48. The summed E-state index contributed by atoms with van der Waals surface area (Å²) in [5.74, 6) is 0.0284. The number of nitrogens with one attached hydrogen (secondary N) is 1. The van der Waals surface area contributed by atoms with Crippen LogP contribution in [0.4, 0.5) is 5.69 Å². The molecule has 3 aliphatic rings. The minimum atomic E-state index is -0.371. The summed E-state index contributed by atoms with van der Waals surface area (Å²) in [6.07, 6.45) is 4.47. The number of anilines is 1. The zero-order chi connectivity index (χ0) is 23.9. The molecular weight excluding hydrogens is 434 g/mol. The molecule has 3 aliphatic heterocycles. The SMILES string of the molecule is CC1(C)C[C@H](N2C(=O)c3cccc(N4CCC[C@@H](C(=O)NCc5ccco5)C4)c3C2=O)CCO1. The van der Waals surface area contributed by atoms with Gasteiger partial charge in [-0.2, -0.15) is 0 Å². The number of amides is 3. The van der Waals surface area contributed by atoms with E-state index in [9.17, 15) is 14.4 Å². The monoisotopic (exact) mass is 465 g/mol. The van der Waals surface area contributed by atoms with Gasteiger partial charge in [0.25, 0.3) is 11.8 Å². The van der Waals surface area contributed by atoms with Gasteiger partial charge in [-0.15, -0.1) is 0 Å². The van der Waals surface area contributed by atoms with Crippen molar-refractivity contribution in [1.82, 2.24) is 10.2 Å². The number of hydrogen-bond acceptors (Lipinski definition) is 6. The molecule has 5 rings (SSSR count). The van der Waals surface area contributed by atoms with Gasteiger partial charge >= 0.3 is 0 Å². The molecule has 2 fully saturated rings. The van der Waals surface area contributed by atoms with E-state index >= 15 is 0 Å². The number of carbonyl (C=O) groups is 3. The Kier molecular flexibility index (Phi) is 5.93. The maximum atomic E-state index is 13.6. The predicted molar refractivity (Wildman–Crippen MR) is 125 cm³/mol. The van der Waals surface area contributed by atoms with Crippen LogP contribution in [0, 0.1) is 5.92 Å². The average Bonchev–Trinajstić information content (AvgIpc) is 3.43. The topological polar surface area (TPSA) is 92.1 Å². The molecule has 8 heteroatoms. The van der Waals surface area contributed by atoms with Gasteiger partial charge in [0.2, 0.25) is 5.91 Å². The maximum Gasteiger partial charge on any atom is 0.263 e. The van der Waals surface area contributed by atoms with Crippen LogP contribution in [0.25, 0.3) is 0 Å². The first kappa shape index (κ1) is 22.7. The fraction of sp³-hybridized carbons (Fsp3) is 0.500. The second-order valence-electron chi connectivity index (χ2n) is 10.0. The van der Waals surface area contributed by atoms with E-state index in [-0.39, 0.29) is 35.3 Å². The van der Waals surface area contributed by atoms with E-state index in [1.54, 1.807) is 18.4 Å². The van der Waals surface area contributed by atoms with Gasteiger partial charge in [-0.3, -0.25) is 19.3 Å². The van der Waals surface area contributed by atoms with E-state index in [1.165, 1.54) is 4.90 Å². The third-order valence-corrected chi connectivity index (χ3v) is 7.11. The Morgan fingerprint density at radius 1 is 1.15 bits per heavy atom. The summed E-state index contributed by atoms with van der Waals surface area (Å²) in [5, 5.41) is 2.95. The molecule has 2 atom stereocenters. The van der Waals surface area contributed by atoms with Crippen molar-refractivity contribution in [2.45, 2.75) is 57.7 Å². The number of fused-ring (bicyclic) bond motifs is 1. The Morgan fingerprint density at radius 2 is 2.00 bits per heavy atom. The summed E-state index contributed by atoms with van der Waals surface area (Å²) >= 11 is 0. The molecule has 34 heavy (non-hydrogen) atoms. The Hall–Kier alpha value is -3.13. The fourth-order valence-electron chi connectivity index (χ4n) is 5.44. The lowest BCUT2D eigenvalue weighted by molar-refractivity contribution is -0.125. The van der Waals surface area contributed by atoms with Gasteiger partial charge in [0, 0.05) is 25.7 Å². The molecule has 1 aromatic carbocycles. The van der Waals surface area contributed by atoms with Crippen molar-refractivity contribution in [3.63, 3.8) is 0 Å². The smallest absolute Gasteiger partial charge is 0.263 e. The van der Waals surface area contributed by atoms with Crippen molar-refractivity contribution in [3.05, 3.63) is 53.5 Å². The molecule has 8 nitrogen and oxygen atoms in total. The first-order valence-electron chi connectivity index (χ1n) is 12.0. The fourth-order valence-corrected chi connectivity index (χ4v) is 5.44. The van der Waals surface area contributed by atoms with Gasteiger partial charge < -0.3 is 19.4 Å². The average molecular weight is 466 g/mol. The number of carbonyl (C=O) groups excluding carboxylic acids is 3. The van der Waals surface area contributed by atoms with Crippen LogP contribution in [0.3, 0.4) is 0 Å². The van der Waals surface area contributed by atoms with E-state index in [4.69, 9.17) is 9.15 Å². The summed E-state index contributed by atoms with van der Waals surface area (Å²) in [7, 11) is 0. The molecular formula is C26H31N3O5. The highest BCUT2D eigenvalue weighted by Gasteiger charge is 2.45. The Labute approximate surface area is 199 Å². The van der Waals surface area contributed by atoms with Crippen LogP contribution in [-0.4, -0.2) is 54.0 Å². The van der Waals surface area contributed by atoms with E-state index < -0.39 is 0 Å². The number of furan rings is 1. The van der Waals surface area contributed by atoms with E-state index in [2.05, 4.69) is 10.2 Å². The van der Waals surface area contributed by atoms with Gasteiger partial charge in [-0.1, -0.05) is 6.07 Å². The first-order chi connectivity index (χ1) is 16.3.